The Morgan fingerprint density at radius 3 is 2.74 bits per heavy atom. The summed E-state index contributed by atoms with van der Waals surface area (Å²) in [4.78, 5) is 11.5. The zero-order valence-electron chi connectivity index (χ0n) is 11.1. The maximum Gasteiger partial charge on any atom is 0.474 e. The van der Waals surface area contributed by atoms with Gasteiger partial charge < -0.3 is 9.79 Å². The number of anilines is 1. The molecule has 1 heterocycles. The van der Waals surface area contributed by atoms with E-state index in [1.165, 1.54) is 0 Å². The molecule has 0 aromatic heterocycles. The summed E-state index contributed by atoms with van der Waals surface area (Å²) in [7, 11) is -2.10. The maximum atomic E-state index is 11.8. The van der Waals surface area contributed by atoms with Gasteiger partial charge in [0.25, 0.3) is 0 Å². The quantitative estimate of drug-likeness (QED) is 0.846. The first kappa shape index (κ1) is 14.5. The number of phosphoric acid groups is 1. The van der Waals surface area contributed by atoms with Gasteiger partial charge in [0.05, 0.1) is 6.61 Å². The number of hydrogen-bond acceptors (Lipinski definition) is 4. The van der Waals surface area contributed by atoms with Crippen molar-refractivity contribution in [3.05, 3.63) is 30.3 Å². The molecule has 1 aromatic carbocycles. The highest BCUT2D eigenvalue weighted by Crippen LogP contribution is 2.46. The van der Waals surface area contributed by atoms with E-state index in [0.29, 0.717) is 6.42 Å². The molecule has 2 atom stereocenters. The van der Waals surface area contributed by atoms with Gasteiger partial charge in [-0.15, -0.1) is 0 Å². The van der Waals surface area contributed by atoms with E-state index in [1.54, 1.807) is 0 Å². The summed E-state index contributed by atoms with van der Waals surface area (Å²) in [5.41, 5.74) is 0.951. The van der Waals surface area contributed by atoms with Crippen molar-refractivity contribution < 1.29 is 18.5 Å². The Morgan fingerprint density at radius 2 is 2.00 bits per heavy atom. The second-order valence-corrected chi connectivity index (χ2v) is 6.06. The summed E-state index contributed by atoms with van der Waals surface area (Å²) in [6, 6.07) is 9.67. The smallest absolute Gasteiger partial charge is 0.349 e. The Hall–Kier alpha value is -0.870. The van der Waals surface area contributed by atoms with Crippen LogP contribution in [0.15, 0.2) is 30.3 Å². The number of nitrogens with zero attached hydrogens (tertiary/aromatic N) is 1. The van der Waals surface area contributed by atoms with Gasteiger partial charge in [0.15, 0.2) is 0 Å². The van der Waals surface area contributed by atoms with Crippen LogP contribution < -0.4 is 4.90 Å². The molecule has 0 saturated carbocycles. The maximum absolute atomic E-state index is 11.8. The molecule has 1 saturated heterocycles. The second kappa shape index (κ2) is 6.53. The average molecular weight is 285 g/mol. The molecule has 0 aliphatic carbocycles. The summed E-state index contributed by atoms with van der Waals surface area (Å²) in [6.07, 6.45) is 2.97. The minimum Gasteiger partial charge on any atom is -0.349 e. The third-order valence-electron chi connectivity index (χ3n) is 3.20. The van der Waals surface area contributed by atoms with Crippen molar-refractivity contribution in [2.75, 3.05) is 18.6 Å². The zero-order chi connectivity index (χ0) is 13.7. The summed E-state index contributed by atoms with van der Waals surface area (Å²) in [5, 5.41) is 0. The van der Waals surface area contributed by atoms with Gasteiger partial charge in [0.1, 0.15) is 6.23 Å². The number of rotatable bonds is 2. The van der Waals surface area contributed by atoms with Crippen LogP contribution in [0.2, 0.25) is 0 Å². The lowest BCUT2D eigenvalue weighted by Crippen LogP contribution is -2.33. The van der Waals surface area contributed by atoms with Crippen molar-refractivity contribution in [2.45, 2.75) is 31.9 Å². The molecule has 2 rings (SSSR count). The van der Waals surface area contributed by atoms with Crippen molar-refractivity contribution in [2.24, 2.45) is 0 Å². The summed E-state index contributed by atoms with van der Waals surface area (Å²) in [5.74, 6) is 0. The molecular weight excluding hydrogens is 265 g/mol. The molecule has 1 aliphatic heterocycles. The fraction of sp³-hybridized carbons (Fsp3) is 0.538. The fourth-order valence-electron chi connectivity index (χ4n) is 2.11. The lowest BCUT2D eigenvalue weighted by molar-refractivity contribution is 0.105. The summed E-state index contributed by atoms with van der Waals surface area (Å²) < 4.78 is 22.0. The van der Waals surface area contributed by atoms with Crippen LogP contribution in [-0.2, 0) is 13.6 Å². The Labute approximate surface area is 113 Å². The first-order valence-electron chi connectivity index (χ1n) is 6.52. The SMILES string of the molecule is CN(c1ccccc1)C1CCCCCOP(=O)(O)O1. The largest absolute Gasteiger partial charge is 0.474 e. The van der Waals surface area contributed by atoms with Gasteiger partial charge >= 0.3 is 7.82 Å². The van der Waals surface area contributed by atoms with Crippen LogP contribution in [0.4, 0.5) is 5.69 Å². The second-order valence-electron chi connectivity index (χ2n) is 4.66. The molecule has 106 valence electrons. The molecule has 1 aromatic rings. The number of phosphoric ester groups is 1. The van der Waals surface area contributed by atoms with Gasteiger partial charge in [-0.1, -0.05) is 24.6 Å². The molecule has 5 nitrogen and oxygen atoms in total. The highest BCUT2D eigenvalue weighted by molar-refractivity contribution is 7.47. The van der Waals surface area contributed by atoms with Crippen molar-refractivity contribution >= 4 is 13.5 Å². The predicted molar refractivity (Wildman–Crippen MR) is 74.0 cm³/mol. The third-order valence-corrected chi connectivity index (χ3v) is 4.22. The van der Waals surface area contributed by atoms with E-state index < -0.39 is 14.1 Å². The highest BCUT2D eigenvalue weighted by atomic mass is 31.2. The monoisotopic (exact) mass is 285 g/mol. The molecule has 0 amide bonds. The normalized spacial score (nSPS) is 29.1. The predicted octanol–water partition coefficient (Wildman–Crippen LogP) is 3.16. The van der Waals surface area contributed by atoms with Gasteiger partial charge in [-0.05, 0) is 31.4 Å². The van der Waals surface area contributed by atoms with Gasteiger partial charge in [-0.3, -0.25) is 9.05 Å². The van der Waals surface area contributed by atoms with Crippen LogP contribution >= 0.6 is 7.82 Å². The molecule has 1 fully saturated rings. The van der Waals surface area contributed by atoms with Crippen molar-refractivity contribution in [3.63, 3.8) is 0 Å². The van der Waals surface area contributed by atoms with Crippen molar-refractivity contribution in [3.8, 4) is 0 Å². The number of para-hydroxylation sites is 1. The Kier molecular flexibility index (Phi) is 4.99. The van der Waals surface area contributed by atoms with Crippen LogP contribution in [0.5, 0.6) is 0 Å². The summed E-state index contributed by atoms with van der Waals surface area (Å²) in [6.45, 7) is 0.273. The lowest BCUT2D eigenvalue weighted by atomic mass is 10.1. The highest BCUT2D eigenvalue weighted by Gasteiger charge is 2.29. The molecule has 0 spiro atoms. The molecule has 6 heteroatoms. The molecule has 1 N–H and O–H groups in total. The molecule has 0 bridgehead atoms. The zero-order valence-corrected chi connectivity index (χ0v) is 12.0. The lowest BCUT2D eigenvalue weighted by Gasteiger charge is -2.30. The average Bonchev–Trinajstić information content (AvgIpc) is 2.49. The van der Waals surface area contributed by atoms with Crippen LogP contribution in [0.3, 0.4) is 0 Å². The molecule has 0 radical (unpaired) electrons. The molecule has 1 aliphatic rings. The van der Waals surface area contributed by atoms with Crippen molar-refractivity contribution in [1.29, 1.82) is 0 Å². The minimum atomic E-state index is -3.96. The standard InChI is InChI=1S/C13H20NO4P/c1-14(12-8-4-2-5-9-12)13-10-6-3-7-11-17-19(15,16)18-13/h2,4-5,8-9,13H,3,6-7,10-11H2,1H3,(H,15,16). The van der Waals surface area contributed by atoms with Crippen molar-refractivity contribution in [1.82, 2.24) is 0 Å². The van der Waals surface area contributed by atoms with Crippen LogP contribution in [0, 0.1) is 0 Å². The van der Waals surface area contributed by atoms with E-state index in [0.717, 1.165) is 24.9 Å². The molecule has 2 unspecified atom stereocenters. The van der Waals surface area contributed by atoms with Crippen LogP contribution in [0.25, 0.3) is 0 Å². The first-order valence-corrected chi connectivity index (χ1v) is 8.02. The van der Waals surface area contributed by atoms with E-state index in [4.69, 9.17) is 9.05 Å². The van der Waals surface area contributed by atoms with E-state index in [-0.39, 0.29) is 6.61 Å². The minimum absolute atomic E-state index is 0.273. The van der Waals surface area contributed by atoms with E-state index >= 15 is 0 Å². The molecule has 19 heavy (non-hydrogen) atoms. The Bertz CT molecular complexity index is 440. The fourth-order valence-corrected chi connectivity index (χ4v) is 3.08. The van der Waals surface area contributed by atoms with Gasteiger partial charge in [-0.2, -0.15) is 0 Å². The first-order chi connectivity index (χ1) is 9.08. The summed E-state index contributed by atoms with van der Waals surface area (Å²) >= 11 is 0. The topological polar surface area (TPSA) is 59.0 Å². The Balaban J connectivity index is 2.13. The molecular formula is C13H20NO4P. The van der Waals surface area contributed by atoms with E-state index in [1.807, 2.05) is 42.3 Å². The van der Waals surface area contributed by atoms with Gasteiger partial charge in [0.2, 0.25) is 0 Å². The van der Waals surface area contributed by atoms with Crippen LogP contribution in [0.1, 0.15) is 25.7 Å². The van der Waals surface area contributed by atoms with Crippen LogP contribution in [-0.4, -0.2) is 24.8 Å². The van der Waals surface area contributed by atoms with Gasteiger partial charge in [-0.25, -0.2) is 4.57 Å². The van der Waals surface area contributed by atoms with E-state index in [9.17, 15) is 9.46 Å². The number of hydrogen-bond donors (Lipinski definition) is 1. The Morgan fingerprint density at radius 1 is 1.26 bits per heavy atom. The number of benzene rings is 1. The van der Waals surface area contributed by atoms with Gasteiger partial charge in [0, 0.05) is 12.7 Å². The third kappa shape index (κ3) is 4.32. The van der Waals surface area contributed by atoms with E-state index in [2.05, 4.69) is 0 Å².